The first-order valence-corrected chi connectivity index (χ1v) is 10.6. The Kier molecular flexibility index (Phi) is 7.54. The molecule has 0 aliphatic heterocycles. The van der Waals surface area contributed by atoms with Gasteiger partial charge in [-0.05, 0) is 50.1 Å². The van der Waals surface area contributed by atoms with Crippen molar-refractivity contribution in [2.24, 2.45) is 5.92 Å². The second kappa shape index (κ2) is 9.59. The third-order valence-corrected chi connectivity index (χ3v) is 4.97. The molecule has 2 rings (SSSR count). The normalized spacial score (nSPS) is 11.9. The number of alkyl halides is 2. The number of benzene rings is 2. The molecule has 2 aromatic rings. The zero-order chi connectivity index (χ0) is 24.3. The van der Waals surface area contributed by atoms with Gasteiger partial charge in [-0.3, -0.25) is 20.5 Å². The Morgan fingerprint density at radius 1 is 1.09 bits per heavy atom. The minimum atomic E-state index is -2.90. The van der Waals surface area contributed by atoms with E-state index in [1.165, 1.54) is 24.0 Å². The molecule has 3 N–H and O–H groups in total. The minimum Gasteiger partial charge on any atom is -0.347 e. The van der Waals surface area contributed by atoms with Crippen LogP contribution >= 0.6 is 0 Å². The van der Waals surface area contributed by atoms with E-state index in [2.05, 4.69) is 5.32 Å². The van der Waals surface area contributed by atoms with E-state index in [0.29, 0.717) is 22.4 Å². The average Bonchev–Trinajstić information content (AvgIpc) is 2.72. The highest BCUT2D eigenvalue weighted by atomic mass is 19.3. The van der Waals surface area contributed by atoms with Gasteiger partial charge in [0.25, 0.3) is 11.8 Å². The van der Waals surface area contributed by atoms with Crippen molar-refractivity contribution in [2.75, 3.05) is 4.90 Å². The van der Waals surface area contributed by atoms with Crippen LogP contribution in [-0.2, 0) is 5.92 Å². The minimum absolute atomic E-state index is 0.0618. The predicted octanol–water partition coefficient (Wildman–Crippen LogP) is 6.43. The monoisotopic (exact) mass is 442 g/mol. The predicted molar refractivity (Wildman–Crippen MR) is 127 cm³/mol. The van der Waals surface area contributed by atoms with E-state index >= 15 is 0 Å². The van der Waals surface area contributed by atoms with Crippen molar-refractivity contribution in [1.29, 1.82) is 10.8 Å². The summed E-state index contributed by atoms with van der Waals surface area (Å²) in [4.78, 5) is 14.3. The van der Waals surface area contributed by atoms with Gasteiger partial charge in [0.05, 0.1) is 6.34 Å². The van der Waals surface area contributed by atoms with E-state index in [1.807, 2.05) is 34.6 Å². The molecule has 1 amide bonds. The molecule has 0 saturated heterocycles. The second-order valence-corrected chi connectivity index (χ2v) is 9.15. The van der Waals surface area contributed by atoms with Crippen molar-refractivity contribution < 1.29 is 13.6 Å². The van der Waals surface area contributed by atoms with Crippen LogP contribution in [0.4, 0.5) is 14.5 Å². The number of amidine groups is 1. The van der Waals surface area contributed by atoms with Gasteiger partial charge >= 0.3 is 0 Å². The van der Waals surface area contributed by atoms with Crippen molar-refractivity contribution in [3.63, 3.8) is 0 Å². The fraction of sp³-hybridized carbons (Fsp3) is 0.400. The molecule has 0 aliphatic carbocycles. The molecular weight excluding hydrogens is 410 g/mol. The number of carbonyl (C=O) groups excluding carboxylic acids is 1. The third-order valence-electron chi connectivity index (χ3n) is 4.97. The highest BCUT2D eigenvalue weighted by Crippen LogP contribution is 2.34. The van der Waals surface area contributed by atoms with Gasteiger partial charge in [-0.2, -0.15) is 0 Å². The summed E-state index contributed by atoms with van der Waals surface area (Å²) < 4.78 is 28.0. The molecule has 7 heteroatoms. The molecular formula is C25H32F2N4O. The van der Waals surface area contributed by atoms with E-state index < -0.39 is 11.5 Å². The largest absolute Gasteiger partial charge is 0.347 e. The highest BCUT2D eigenvalue weighted by molar-refractivity contribution is 6.11. The Morgan fingerprint density at radius 3 is 2.16 bits per heavy atom. The van der Waals surface area contributed by atoms with Gasteiger partial charge in [-0.15, -0.1) is 0 Å². The van der Waals surface area contributed by atoms with Crippen LogP contribution in [0.3, 0.4) is 0 Å². The van der Waals surface area contributed by atoms with Crippen molar-refractivity contribution in [1.82, 2.24) is 5.32 Å². The Hall–Kier alpha value is -3.09. The van der Waals surface area contributed by atoms with Crippen LogP contribution in [0.25, 0.3) is 11.1 Å². The molecule has 0 fully saturated rings. The van der Waals surface area contributed by atoms with E-state index in [0.717, 1.165) is 6.34 Å². The van der Waals surface area contributed by atoms with Crippen molar-refractivity contribution in [3.05, 3.63) is 53.6 Å². The molecule has 32 heavy (non-hydrogen) atoms. The summed E-state index contributed by atoms with van der Waals surface area (Å²) in [5.74, 6) is -3.13. The molecule has 172 valence electrons. The second-order valence-electron chi connectivity index (χ2n) is 9.15. The lowest BCUT2D eigenvalue weighted by molar-refractivity contribution is -0.00827. The lowest BCUT2D eigenvalue weighted by Gasteiger charge is -2.25. The molecule has 0 spiro atoms. The molecule has 2 aromatic carbocycles. The number of nitrogens with zero attached hydrogens (tertiary/aromatic N) is 1. The lowest BCUT2D eigenvalue weighted by atomic mass is 9.97. The van der Waals surface area contributed by atoms with Crippen molar-refractivity contribution in [2.45, 2.75) is 59.4 Å². The molecule has 0 bridgehead atoms. The number of hydrogen-bond donors (Lipinski definition) is 3. The summed E-state index contributed by atoms with van der Waals surface area (Å²) in [5.41, 5.74) is 1.63. The average molecular weight is 443 g/mol. The van der Waals surface area contributed by atoms with Gasteiger partial charge in [0.2, 0.25) is 0 Å². The topological polar surface area (TPSA) is 80.0 Å². The summed E-state index contributed by atoms with van der Waals surface area (Å²) in [6, 6.07) is 11.1. The van der Waals surface area contributed by atoms with E-state index in [9.17, 15) is 13.6 Å². The number of nitrogens with one attached hydrogen (secondary N) is 3. The maximum absolute atomic E-state index is 14.0. The number of hydrogen-bond acceptors (Lipinski definition) is 3. The third kappa shape index (κ3) is 5.99. The van der Waals surface area contributed by atoms with Gasteiger partial charge in [-0.1, -0.05) is 45.0 Å². The maximum atomic E-state index is 14.0. The summed E-state index contributed by atoms with van der Waals surface area (Å²) in [7, 11) is 0. The van der Waals surface area contributed by atoms with Gasteiger partial charge in [-0.25, -0.2) is 8.78 Å². The van der Waals surface area contributed by atoms with E-state index in [4.69, 9.17) is 10.8 Å². The molecule has 0 heterocycles. The first kappa shape index (κ1) is 25.2. The van der Waals surface area contributed by atoms with E-state index in [1.54, 1.807) is 30.3 Å². The number of anilines is 1. The molecule has 0 aliphatic rings. The maximum Gasteiger partial charge on any atom is 0.273 e. The van der Waals surface area contributed by atoms with Crippen LogP contribution in [0.1, 0.15) is 63.9 Å². The number of amides is 1. The summed E-state index contributed by atoms with van der Waals surface area (Å²) >= 11 is 0. The zero-order valence-corrected chi connectivity index (χ0v) is 19.5. The SMILES string of the molecule is CCC(F)(F)c1ccc(-c2cc(C(=O)NC(C)(C)C)cc(N(C=N)C(=N)C(C)C)c2)cc1. The smallest absolute Gasteiger partial charge is 0.273 e. The molecule has 5 nitrogen and oxygen atoms in total. The summed E-state index contributed by atoms with van der Waals surface area (Å²) in [5, 5.41) is 19.1. The first-order chi connectivity index (χ1) is 14.8. The Balaban J connectivity index is 2.61. The van der Waals surface area contributed by atoms with Crippen molar-refractivity contribution >= 4 is 23.8 Å². The van der Waals surface area contributed by atoms with Crippen LogP contribution in [0.5, 0.6) is 0 Å². The quantitative estimate of drug-likeness (QED) is 0.341. The van der Waals surface area contributed by atoms with Gasteiger partial charge in [0.1, 0.15) is 5.84 Å². The Labute approximate surface area is 188 Å². The number of rotatable bonds is 7. The van der Waals surface area contributed by atoms with Crippen LogP contribution in [0, 0.1) is 16.7 Å². The van der Waals surface area contributed by atoms with Crippen LogP contribution in [0.15, 0.2) is 42.5 Å². The zero-order valence-electron chi connectivity index (χ0n) is 19.5. The standard InChI is InChI=1S/C25H32F2N4O/c1-7-25(26,27)20-10-8-17(9-11-20)18-12-19(23(32)30-24(4,5)6)14-21(13-18)31(15-28)22(29)16(2)3/h8-16,28-29H,7H2,1-6H3,(H,30,32). The van der Waals surface area contributed by atoms with E-state index in [-0.39, 0.29) is 29.6 Å². The first-order valence-electron chi connectivity index (χ1n) is 10.6. The van der Waals surface area contributed by atoms with Crippen LogP contribution < -0.4 is 10.2 Å². The van der Waals surface area contributed by atoms with Crippen LogP contribution in [0.2, 0.25) is 0 Å². The van der Waals surface area contributed by atoms with Gasteiger partial charge in [0.15, 0.2) is 0 Å². The molecule has 0 atom stereocenters. The fourth-order valence-corrected chi connectivity index (χ4v) is 3.13. The summed E-state index contributed by atoms with van der Waals surface area (Å²) in [6.07, 6.45) is 0.752. The van der Waals surface area contributed by atoms with Gasteiger partial charge in [0, 0.05) is 34.7 Å². The highest BCUT2D eigenvalue weighted by Gasteiger charge is 2.28. The number of halogens is 2. The molecule has 0 radical (unpaired) electrons. The molecule has 0 saturated carbocycles. The molecule has 0 unspecified atom stereocenters. The number of carbonyl (C=O) groups is 1. The lowest BCUT2D eigenvalue weighted by Crippen LogP contribution is -2.40. The molecule has 0 aromatic heterocycles. The Morgan fingerprint density at radius 2 is 1.69 bits per heavy atom. The van der Waals surface area contributed by atoms with Crippen LogP contribution in [-0.4, -0.2) is 23.6 Å². The fourth-order valence-electron chi connectivity index (χ4n) is 3.13. The van der Waals surface area contributed by atoms with Gasteiger partial charge < -0.3 is 5.32 Å². The Bertz CT molecular complexity index is 992. The summed E-state index contributed by atoms with van der Waals surface area (Å²) in [6.45, 7) is 10.8. The van der Waals surface area contributed by atoms with Crippen molar-refractivity contribution in [3.8, 4) is 11.1 Å².